The Morgan fingerprint density at radius 2 is 1.93 bits per heavy atom. The molecule has 1 aromatic rings. The summed E-state index contributed by atoms with van der Waals surface area (Å²) in [6.45, 7) is 3.72. The topological polar surface area (TPSA) is 84.0 Å². The largest absolute Gasteiger partial charge is 0.454 e. The van der Waals surface area contributed by atoms with Crippen LogP contribution in [-0.2, 0) is 11.3 Å². The van der Waals surface area contributed by atoms with Gasteiger partial charge in [0, 0.05) is 12.6 Å². The summed E-state index contributed by atoms with van der Waals surface area (Å²) < 4.78 is 10.7. The molecule has 150 valence electrons. The number of carbonyl (C=O) groups excluding carboxylic acids is 1. The van der Waals surface area contributed by atoms with Crippen molar-refractivity contribution in [1.82, 2.24) is 16.0 Å². The Labute approximate surface area is 177 Å². The number of benzene rings is 1. The van der Waals surface area contributed by atoms with Crippen LogP contribution in [0.15, 0.2) is 23.2 Å². The molecule has 2 aliphatic rings. The van der Waals surface area contributed by atoms with E-state index in [4.69, 9.17) is 9.47 Å². The van der Waals surface area contributed by atoms with Gasteiger partial charge in [0.15, 0.2) is 17.5 Å². The minimum Gasteiger partial charge on any atom is -0.454 e. The van der Waals surface area contributed by atoms with Gasteiger partial charge in [-0.3, -0.25) is 4.79 Å². The molecule has 7 nitrogen and oxygen atoms in total. The molecule has 3 N–H and O–H groups in total. The Morgan fingerprint density at radius 1 is 1.15 bits per heavy atom. The fourth-order valence-corrected chi connectivity index (χ4v) is 3.24. The van der Waals surface area contributed by atoms with Gasteiger partial charge in [-0.05, 0) is 37.5 Å². The molecule has 0 radical (unpaired) electrons. The lowest BCUT2D eigenvalue weighted by atomic mass is 9.95. The number of amides is 1. The zero-order valence-electron chi connectivity index (χ0n) is 15.8. The summed E-state index contributed by atoms with van der Waals surface area (Å²) in [6.07, 6.45) is 5.87. The SMILES string of the molecule is CCNC(=NCc1ccc2c(c1)OCO2)NCC(=O)NC1CCCCC1.I. The molecular formula is C19H29IN4O3. The van der Waals surface area contributed by atoms with Crippen molar-refractivity contribution in [3.05, 3.63) is 23.8 Å². The van der Waals surface area contributed by atoms with Crippen LogP contribution in [0.1, 0.15) is 44.6 Å². The predicted octanol–water partition coefficient (Wildman–Crippen LogP) is 2.54. The first-order valence-corrected chi connectivity index (χ1v) is 9.44. The third-order valence-corrected chi connectivity index (χ3v) is 4.59. The lowest BCUT2D eigenvalue weighted by molar-refractivity contribution is -0.120. The highest BCUT2D eigenvalue weighted by molar-refractivity contribution is 14.0. The van der Waals surface area contributed by atoms with Crippen molar-refractivity contribution in [2.24, 2.45) is 4.99 Å². The average molecular weight is 488 g/mol. The number of hydrogen-bond donors (Lipinski definition) is 3. The molecule has 1 fully saturated rings. The van der Waals surface area contributed by atoms with Gasteiger partial charge in [-0.15, -0.1) is 24.0 Å². The van der Waals surface area contributed by atoms with E-state index in [-0.39, 0.29) is 43.2 Å². The monoisotopic (exact) mass is 488 g/mol. The molecule has 0 saturated heterocycles. The maximum Gasteiger partial charge on any atom is 0.239 e. The Kier molecular flexibility index (Phi) is 8.96. The molecule has 0 atom stereocenters. The van der Waals surface area contributed by atoms with E-state index in [0.717, 1.165) is 36.4 Å². The van der Waals surface area contributed by atoms with Crippen LogP contribution < -0.4 is 25.4 Å². The van der Waals surface area contributed by atoms with Crippen LogP contribution in [0.5, 0.6) is 11.5 Å². The molecular weight excluding hydrogens is 459 g/mol. The minimum atomic E-state index is 0. The molecule has 8 heteroatoms. The van der Waals surface area contributed by atoms with Crippen molar-refractivity contribution in [2.45, 2.75) is 51.6 Å². The fourth-order valence-electron chi connectivity index (χ4n) is 3.24. The van der Waals surface area contributed by atoms with Crippen molar-refractivity contribution in [3.63, 3.8) is 0 Å². The first-order chi connectivity index (χ1) is 12.7. The number of ether oxygens (including phenoxy) is 2. The molecule has 0 aromatic heterocycles. The number of nitrogens with one attached hydrogen (secondary N) is 3. The molecule has 1 aliphatic carbocycles. The van der Waals surface area contributed by atoms with Crippen LogP contribution in [0, 0.1) is 0 Å². The summed E-state index contributed by atoms with van der Waals surface area (Å²) in [7, 11) is 0. The number of halogens is 1. The van der Waals surface area contributed by atoms with Crippen molar-refractivity contribution >= 4 is 35.8 Å². The quantitative estimate of drug-likeness (QED) is 0.326. The second-order valence-corrected chi connectivity index (χ2v) is 6.64. The maximum absolute atomic E-state index is 12.1. The van der Waals surface area contributed by atoms with Gasteiger partial charge >= 0.3 is 0 Å². The van der Waals surface area contributed by atoms with E-state index in [0.29, 0.717) is 18.5 Å². The molecule has 1 aromatic carbocycles. The number of hydrogen-bond acceptors (Lipinski definition) is 4. The summed E-state index contributed by atoms with van der Waals surface area (Å²) in [5.41, 5.74) is 1.03. The summed E-state index contributed by atoms with van der Waals surface area (Å²) >= 11 is 0. The second-order valence-electron chi connectivity index (χ2n) is 6.64. The van der Waals surface area contributed by atoms with E-state index in [1.54, 1.807) is 0 Å². The molecule has 0 bridgehead atoms. The van der Waals surface area contributed by atoms with Crippen LogP contribution in [0.2, 0.25) is 0 Å². The Bertz CT molecular complexity index is 648. The van der Waals surface area contributed by atoms with E-state index in [1.807, 2.05) is 25.1 Å². The summed E-state index contributed by atoms with van der Waals surface area (Å²) in [5.74, 6) is 2.17. The van der Waals surface area contributed by atoms with Crippen LogP contribution in [0.4, 0.5) is 0 Å². The highest BCUT2D eigenvalue weighted by atomic mass is 127. The van der Waals surface area contributed by atoms with Crippen molar-refractivity contribution < 1.29 is 14.3 Å². The van der Waals surface area contributed by atoms with E-state index < -0.39 is 0 Å². The van der Waals surface area contributed by atoms with Gasteiger partial charge in [0.05, 0.1) is 13.1 Å². The van der Waals surface area contributed by atoms with E-state index in [9.17, 15) is 4.79 Å². The van der Waals surface area contributed by atoms with Crippen molar-refractivity contribution in [3.8, 4) is 11.5 Å². The van der Waals surface area contributed by atoms with Gasteiger partial charge in [0.25, 0.3) is 0 Å². The molecule has 1 amide bonds. The van der Waals surface area contributed by atoms with Crippen LogP contribution in [0.3, 0.4) is 0 Å². The van der Waals surface area contributed by atoms with Gasteiger partial charge in [-0.25, -0.2) is 4.99 Å². The number of rotatable bonds is 6. The second kappa shape index (κ2) is 11.2. The van der Waals surface area contributed by atoms with Gasteiger partial charge in [0.1, 0.15) is 0 Å². The van der Waals surface area contributed by atoms with Crippen molar-refractivity contribution in [2.75, 3.05) is 19.9 Å². The molecule has 27 heavy (non-hydrogen) atoms. The molecule has 1 heterocycles. The number of guanidine groups is 1. The van der Waals surface area contributed by atoms with Gasteiger partial charge < -0.3 is 25.4 Å². The number of aliphatic imine (C=N–C) groups is 1. The van der Waals surface area contributed by atoms with Crippen LogP contribution in [0.25, 0.3) is 0 Å². The van der Waals surface area contributed by atoms with E-state index in [1.165, 1.54) is 19.3 Å². The lowest BCUT2D eigenvalue weighted by Gasteiger charge is -2.23. The standard InChI is InChI=1S/C19H28N4O3.HI/c1-2-20-19(22-12-18(24)23-15-6-4-3-5-7-15)21-11-14-8-9-16-17(10-14)26-13-25-16;/h8-10,15H,2-7,11-13H2,1H3,(H,23,24)(H2,20,21,22);1H. The first-order valence-electron chi connectivity index (χ1n) is 9.44. The summed E-state index contributed by atoms with van der Waals surface area (Å²) in [6, 6.07) is 6.12. The van der Waals surface area contributed by atoms with Crippen LogP contribution >= 0.6 is 24.0 Å². The molecule has 3 rings (SSSR count). The highest BCUT2D eigenvalue weighted by Gasteiger charge is 2.16. The van der Waals surface area contributed by atoms with Crippen molar-refractivity contribution in [1.29, 1.82) is 0 Å². The fraction of sp³-hybridized carbons (Fsp3) is 0.579. The molecule has 0 unspecified atom stereocenters. The third-order valence-electron chi connectivity index (χ3n) is 4.59. The summed E-state index contributed by atoms with van der Waals surface area (Å²) in [4.78, 5) is 16.7. The van der Waals surface area contributed by atoms with E-state index >= 15 is 0 Å². The Morgan fingerprint density at radius 3 is 2.70 bits per heavy atom. The smallest absolute Gasteiger partial charge is 0.239 e. The predicted molar refractivity (Wildman–Crippen MR) is 116 cm³/mol. The van der Waals surface area contributed by atoms with Gasteiger partial charge in [-0.1, -0.05) is 25.3 Å². The molecule has 1 aliphatic heterocycles. The minimum absolute atomic E-state index is 0. The van der Waals surface area contributed by atoms with Gasteiger partial charge in [-0.2, -0.15) is 0 Å². The Hall–Kier alpha value is -1.71. The van der Waals surface area contributed by atoms with E-state index in [2.05, 4.69) is 20.9 Å². The number of nitrogens with zero attached hydrogens (tertiary/aromatic N) is 1. The molecule has 1 saturated carbocycles. The van der Waals surface area contributed by atoms with Gasteiger partial charge in [0.2, 0.25) is 12.7 Å². The van der Waals surface area contributed by atoms with Crippen LogP contribution in [-0.4, -0.2) is 37.8 Å². The average Bonchev–Trinajstić information content (AvgIpc) is 3.12. The summed E-state index contributed by atoms with van der Waals surface area (Å²) in [5, 5.41) is 9.37. The lowest BCUT2D eigenvalue weighted by Crippen LogP contribution is -2.46. The number of fused-ring (bicyclic) bond motifs is 1. The highest BCUT2D eigenvalue weighted by Crippen LogP contribution is 2.32. The number of carbonyl (C=O) groups is 1. The first kappa shape index (κ1) is 21.6. The third kappa shape index (κ3) is 6.75. The zero-order valence-corrected chi connectivity index (χ0v) is 18.1. The maximum atomic E-state index is 12.1. The Balaban J connectivity index is 0.00000261. The molecule has 0 spiro atoms. The zero-order chi connectivity index (χ0) is 18.2. The normalized spacial score (nSPS) is 16.4.